The second-order valence-electron chi connectivity index (χ2n) is 2.99. The molecule has 1 aromatic rings. The van der Waals surface area contributed by atoms with E-state index in [-0.39, 0.29) is 16.6 Å². The van der Waals surface area contributed by atoms with Gasteiger partial charge in [-0.3, -0.25) is 0 Å². The highest BCUT2D eigenvalue weighted by Crippen LogP contribution is 2.17. The molecule has 0 N–H and O–H groups in total. The Morgan fingerprint density at radius 2 is 1.92 bits per heavy atom. The van der Waals surface area contributed by atoms with Crippen LogP contribution in [0.1, 0.15) is 12.5 Å². The molecule has 2 unspecified atom stereocenters. The molecule has 0 nitrogen and oxygen atoms in total. The molecule has 0 saturated carbocycles. The van der Waals surface area contributed by atoms with Gasteiger partial charge in [0.25, 0.3) is 0 Å². The number of benzene rings is 1. The monoisotopic (exact) mass is 220 g/mol. The Hall–Kier alpha value is -0.270. The van der Waals surface area contributed by atoms with Crippen LogP contribution in [0.3, 0.4) is 0 Å². The number of halogens is 3. The van der Waals surface area contributed by atoms with Crippen LogP contribution in [-0.2, 0) is 6.42 Å². The minimum atomic E-state index is -0.224. The van der Waals surface area contributed by atoms with Crippen LogP contribution >= 0.6 is 23.2 Å². The lowest BCUT2D eigenvalue weighted by atomic mass is 10.1. The molecule has 0 heterocycles. The van der Waals surface area contributed by atoms with E-state index in [1.807, 2.05) is 0 Å². The molecule has 3 heteroatoms. The maximum atomic E-state index is 13.1. The molecule has 13 heavy (non-hydrogen) atoms. The second-order valence-corrected chi connectivity index (χ2v) is 4.24. The van der Waals surface area contributed by atoms with Gasteiger partial charge in [-0.1, -0.05) is 18.2 Å². The van der Waals surface area contributed by atoms with E-state index in [4.69, 9.17) is 23.2 Å². The van der Waals surface area contributed by atoms with Crippen LogP contribution < -0.4 is 0 Å². The summed E-state index contributed by atoms with van der Waals surface area (Å²) in [5.74, 6) is -0.217. The minimum absolute atomic E-state index is 0.152. The first-order valence-corrected chi connectivity index (χ1v) is 5.00. The largest absolute Gasteiger partial charge is 0.207 e. The quantitative estimate of drug-likeness (QED) is 0.684. The Morgan fingerprint density at radius 3 is 2.46 bits per heavy atom. The zero-order valence-electron chi connectivity index (χ0n) is 7.31. The summed E-state index contributed by atoms with van der Waals surface area (Å²) in [6, 6.07) is 6.61. The van der Waals surface area contributed by atoms with E-state index in [1.54, 1.807) is 25.1 Å². The van der Waals surface area contributed by atoms with Crippen molar-refractivity contribution >= 4 is 23.2 Å². The van der Waals surface area contributed by atoms with E-state index in [9.17, 15) is 4.39 Å². The van der Waals surface area contributed by atoms with Crippen LogP contribution in [0, 0.1) is 5.82 Å². The first-order chi connectivity index (χ1) is 6.11. The Balaban J connectivity index is 2.69. The summed E-state index contributed by atoms with van der Waals surface area (Å²) in [4.78, 5) is 0. The van der Waals surface area contributed by atoms with Gasteiger partial charge < -0.3 is 0 Å². The van der Waals surface area contributed by atoms with Crippen LogP contribution in [-0.4, -0.2) is 10.8 Å². The molecule has 0 saturated heterocycles. The normalized spacial score (nSPS) is 15.4. The molecule has 0 spiro atoms. The van der Waals surface area contributed by atoms with Crippen molar-refractivity contribution in [3.63, 3.8) is 0 Å². The van der Waals surface area contributed by atoms with Crippen molar-refractivity contribution in [3.8, 4) is 0 Å². The highest BCUT2D eigenvalue weighted by molar-refractivity contribution is 6.29. The van der Waals surface area contributed by atoms with Gasteiger partial charge in [0.1, 0.15) is 5.82 Å². The summed E-state index contributed by atoms with van der Waals surface area (Å²) in [7, 11) is 0. The van der Waals surface area contributed by atoms with Gasteiger partial charge in [-0.2, -0.15) is 0 Å². The van der Waals surface area contributed by atoms with Gasteiger partial charge in [0.15, 0.2) is 0 Å². The maximum absolute atomic E-state index is 13.1. The molecule has 1 rings (SSSR count). The minimum Gasteiger partial charge on any atom is -0.207 e. The molecule has 0 bridgehead atoms. The lowest BCUT2D eigenvalue weighted by Crippen LogP contribution is -2.14. The van der Waals surface area contributed by atoms with Gasteiger partial charge in [0.05, 0.1) is 5.38 Å². The van der Waals surface area contributed by atoms with Crippen LogP contribution in [0.2, 0.25) is 0 Å². The predicted molar refractivity (Wildman–Crippen MR) is 55.1 cm³/mol. The molecule has 1 aromatic carbocycles. The first kappa shape index (κ1) is 10.8. The predicted octanol–water partition coefficient (Wildman–Crippen LogP) is 3.60. The Bertz CT molecular complexity index is 273. The van der Waals surface area contributed by atoms with Gasteiger partial charge in [-0.15, -0.1) is 23.2 Å². The fourth-order valence-electron chi connectivity index (χ4n) is 1.04. The third-order valence-electron chi connectivity index (χ3n) is 1.87. The maximum Gasteiger partial charge on any atom is 0.126 e. The van der Waals surface area contributed by atoms with E-state index in [0.29, 0.717) is 12.0 Å². The second kappa shape index (κ2) is 4.83. The fraction of sp³-hybridized carbons (Fsp3) is 0.400. The number of rotatable bonds is 3. The zero-order valence-corrected chi connectivity index (χ0v) is 8.82. The molecule has 72 valence electrons. The molecule has 0 radical (unpaired) electrons. The molecule has 0 aliphatic heterocycles. The Labute approximate surface area is 87.7 Å². The number of hydrogen-bond donors (Lipinski definition) is 0. The Kier molecular flexibility index (Phi) is 4.01. The summed E-state index contributed by atoms with van der Waals surface area (Å²) in [6.07, 6.45) is 0.471. The van der Waals surface area contributed by atoms with Crippen molar-refractivity contribution < 1.29 is 4.39 Å². The molecular weight excluding hydrogens is 210 g/mol. The smallest absolute Gasteiger partial charge is 0.126 e. The summed E-state index contributed by atoms with van der Waals surface area (Å²) in [6.45, 7) is 1.81. The average Bonchev–Trinajstić information content (AvgIpc) is 2.08. The van der Waals surface area contributed by atoms with Gasteiger partial charge in [0, 0.05) is 5.38 Å². The third kappa shape index (κ3) is 3.17. The van der Waals surface area contributed by atoms with Gasteiger partial charge in [0.2, 0.25) is 0 Å². The molecule has 2 atom stereocenters. The van der Waals surface area contributed by atoms with Crippen molar-refractivity contribution in [3.05, 3.63) is 35.6 Å². The van der Waals surface area contributed by atoms with E-state index in [0.717, 1.165) is 0 Å². The highest BCUT2D eigenvalue weighted by Gasteiger charge is 2.13. The van der Waals surface area contributed by atoms with Crippen LogP contribution in [0.4, 0.5) is 4.39 Å². The molecule has 0 aromatic heterocycles. The summed E-state index contributed by atoms with van der Waals surface area (Å²) in [5.41, 5.74) is 0.620. The van der Waals surface area contributed by atoms with E-state index < -0.39 is 0 Å². The standard InChI is InChI=1S/C10H11Cl2F/c1-7(11)9(12)6-8-4-2-3-5-10(8)13/h2-5,7,9H,6H2,1H3. The molecule has 0 fully saturated rings. The van der Waals surface area contributed by atoms with Crippen molar-refractivity contribution in [1.82, 2.24) is 0 Å². The molecule has 0 aliphatic rings. The van der Waals surface area contributed by atoms with Crippen molar-refractivity contribution in [2.24, 2.45) is 0 Å². The topological polar surface area (TPSA) is 0 Å². The lowest BCUT2D eigenvalue weighted by molar-refractivity contribution is 0.604. The first-order valence-electron chi connectivity index (χ1n) is 4.13. The molecule has 0 aliphatic carbocycles. The third-order valence-corrected chi connectivity index (χ3v) is 2.84. The number of alkyl halides is 2. The fourth-order valence-corrected chi connectivity index (χ4v) is 1.29. The van der Waals surface area contributed by atoms with Gasteiger partial charge in [-0.25, -0.2) is 4.39 Å². The summed E-state index contributed by atoms with van der Waals surface area (Å²) in [5, 5.41) is -0.375. The zero-order chi connectivity index (χ0) is 9.84. The van der Waals surface area contributed by atoms with Crippen molar-refractivity contribution in [2.75, 3.05) is 0 Å². The van der Waals surface area contributed by atoms with Gasteiger partial charge in [-0.05, 0) is 25.0 Å². The summed E-state index contributed by atoms with van der Waals surface area (Å²) >= 11 is 11.7. The van der Waals surface area contributed by atoms with Crippen molar-refractivity contribution in [1.29, 1.82) is 0 Å². The highest BCUT2D eigenvalue weighted by atomic mass is 35.5. The van der Waals surface area contributed by atoms with Crippen LogP contribution in [0.5, 0.6) is 0 Å². The van der Waals surface area contributed by atoms with Crippen LogP contribution in [0.25, 0.3) is 0 Å². The van der Waals surface area contributed by atoms with E-state index in [2.05, 4.69) is 0 Å². The number of hydrogen-bond acceptors (Lipinski definition) is 0. The Morgan fingerprint density at radius 1 is 1.31 bits per heavy atom. The lowest BCUT2D eigenvalue weighted by Gasteiger charge is -2.11. The van der Waals surface area contributed by atoms with Crippen molar-refractivity contribution in [2.45, 2.75) is 24.1 Å². The van der Waals surface area contributed by atoms with E-state index in [1.165, 1.54) is 6.07 Å². The van der Waals surface area contributed by atoms with Crippen LogP contribution in [0.15, 0.2) is 24.3 Å². The van der Waals surface area contributed by atoms with Gasteiger partial charge >= 0.3 is 0 Å². The molecular formula is C10H11Cl2F. The van der Waals surface area contributed by atoms with E-state index >= 15 is 0 Å². The molecule has 0 amide bonds. The average molecular weight is 221 g/mol. The SMILES string of the molecule is CC(Cl)C(Cl)Cc1ccccc1F. The summed E-state index contributed by atoms with van der Waals surface area (Å²) < 4.78 is 13.1.